The number of hydrogen-bond donors (Lipinski definition) is 2. The van der Waals surface area contributed by atoms with Gasteiger partial charge in [-0.1, -0.05) is 6.07 Å². The van der Waals surface area contributed by atoms with Crippen molar-refractivity contribution in [3.05, 3.63) is 46.8 Å². The van der Waals surface area contributed by atoms with Crippen molar-refractivity contribution >= 4 is 22.6 Å². The number of benzene rings is 1. The van der Waals surface area contributed by atoms with Crippen molar-refractivity contribution in [3.63, 3.8) is 0 Å². The lowest BCUT2D eigenvalue weighted by Crippen LogP contribution is -2.14. The van der Waals surface area contributed by atoms with Crippen molar-refractivity contribution in [2.24, 2.45) is 7.05 Å². The van der Waals surface area contributed by atoms with Crippen LogP contribution in [0, 0.1) is 13.8 Å². The molecule has 0 aliphatic heterocycles. The van der Waals surface area contributed by atoms with E-state index in [1.807, 2.05) is 33.0 Å². The zero-order valence-electron chi connectivity index (χ0n) is 14.5. The minimum absolute atomic E-state index is 0.0592. The molecule has 1 saturated carbocycles. The average molecular weight is 336 g/mol. The maximum absolute atomic E-state index is 12.9. The van der Waals surface area contributed by atoms with E-state index >= 15 is 0 Å². The van der Waals surface area contributed by atoms with E-state index in [0.29, 0.717) is 17.2 Å². The number of fused-ring (bicyclic) bond motifs is 1. The lowest BCUT2D eigenvalue weighted by Gasteiger charge is -2.10. The summed E-state index contributed by atoms with van der Waals surface area (Å²) in [5.41, 5.74) is 4.31. The van der Waals surface area contributed by atoms with E-state index in [2.05, 4.69) is 10.4 Å². The predicted molar refractivity (Wildman–Crippen MR) is 96.0 cm³/mol. The first-order valence-corrected chi connectivity index (χ1v) is 8.39. The van der Waals surface area contributed by atoms with Crippen LogP contribution in [0.25, 0.3) is 11.0 Å². The van der Waals surface area contributed by atoms with Gasteiger partial charge in [0.25, 0.3) is 5.91 Å². The number of carbonyl (C=O) groups is 1. The van der Waals surface area contributed by atoms with Gasteiger partial charge in [-0.15, -0.1) is 0 Å². The molecule has 1 aromatic carbocycles. The molecule has 4 rings (SSSR count). The summed E-state index contributed by atoms with van der Waals surface area (Å²) >= 11 is 0. The van der Waals surface area contributed by atoms with Gasteiger partial charge in [0.05, 0.1) is 22.3 Å². The number of nitrogens with one attached hydrogen (secondary N) is 1. The fourth-order valence-electron chi connectivity index (χ4n) is 3.17. The van der Waals surface area contributed by atoms with Gasteiger partial charge < -0.3 is 10.4 Å². The van der Waals surface area contributed by atoms with E-state index in [9.17, 15) is 9.90 Å². The minimum Gasteiger partial charge on any atom is -0.506 e. The van der Waals surface area contributed by atoms with E-state index in [-0.39, 0.29) is 11.7 Å². The predicted octanol–water partition coefficient (Wildman–Crippen LogP) is 3.42. The van der Waals surface area contributed by atoms with Crippen LogP contribution in [0.5, 0.6) is 5.75 Å². The summed E-state index contributed by atoms with van der Waals surface area (Å²) in [4.78, 5) is 17.6. The maximum atomic E-state index is 12.9. The molecule has 0 radical (unpaired) electrons. The van der Waals surface area contributed by atoms with Crippen molar-refractivity contribution in [3.8, 4) is 5.75 Å². The van der Waals surface area contributed by atoms with Gasteiger partial charge >= 0.3 is 0 Å². The number of pyridine rings is 1. The number of nitrogens with zero attached hydrogens (tertiary/aromatic N) is 3. The fourth-order valence-corrected chi connectivity index (χ4v) is 3.17. The third-order valence-corrected chi connectivity index (χ3v) is 4.63. The summed E-state index contributed by atoms with van der Waals surface area (Å²) in [7, 11) is 1.84. The average Bonchev–Trinajstić information content (AvgIpc) is 3.37. The highest BCUT2D eigenvalue weighted by Crippen LogP contribution is 2.40. The van der Waals surface area contributed by atoms with Gasteiger partial charge in [-0.25, -0.2) is 4.98 Å². The van der Waals surface area contributed by atoms with Crippen molar-refractivity contribution in [1.29, 1.82) is 0 Å². The molecule has 1 fully saturated rings. The van der Waals surface area contributed by atoms with E-state index in [4.69, 9.17) is 4.98 Å². The van der Waals surface area contributed by atoms with E-state index in [1.54, 1.807) is 16.8 Å². The normalized spacial score (nSPS) is 14.0. The molecule has 0 unspecified atom stereocenters. The van der Waals surface area contributed by atoms with Gasteiger partial charge in [0.1, 0.15) is 5.75 Å². The summed E-state index contributed by atoms with van der Waals surface area (Å²) in [6.07, 6.45) is 2.21. The topological polar surface area (TPSA) is 80.0 Å². The molecule has 3 aromatic rings. The van der Waals surface area contributed by atoms with Gasteiger partial charge in [0, 0.05) is 18.7 Å². The molecule has 0 spiro atoms. The summed E-state index contributed by atoms with van der Waals surface area (Å²) in [5.74, 6) is 0.229. The second-order valence-corrected chi connectivity index (χ2v) is 6.75. The Morgan fingerprint density at radius 3 is 2.72 bits per heavy atom. The number of carbonyl (C=O) groups excluding carboxylic acids is 1. The van der Waals surface area contributed by atoms with Crippen molar-refractivity contribution < 1.29 is 9.90 Å². The lowest BCUT2D eigenvalue weighted by molar-refractivity contribution is 0.102. The number of hydrogen-bond acceptors (Lipinski definition) is 4. The number of anilines is 1. The third-order valence-electron chi connectivity index (χ3n) is 4.63. The van der Waals surface area contributed by atoms with Gasteiger partial charge in [-0.3, -0.25) is 9.48 Å². The Balaban J connectivity index is 1.80. The number of aryl methyl sites for hydroxylation is 3. The molecule has 2 aromatic heterocycles. The Bertz CT molecular complexity index is 1000. The van der Waals surface area contributed by atoms with E-state index < -0.39 is 0 Å². The molecular weight excluding hydrogens is 316 g/mol. The van der Waals surface area contributed by atoms with Gasteiger partial charge in [-0.2, -0.15) is 5.10 Å². The zero-order valence-corrected chi connectivity index (χ0v) is 14.5. The Morgan fingerprint density at radius 1 is 1.28 bits per heavy atom. The largest absolute Gasteiger partial charge is 0.506 e. The molecule has 0 saturated heterocycles. The summed E-state index contributed by atoms with van der Waals surface area (Å²) in [5, 5.41) is 18.1. The van der Waals surface area contributed by atoms with Crippen LogP contribution < -0.4 is 5.32 Å². The van der Waals surface area contributed by atoms with Crippen molar-refractivity contribution in [2.45, 2.75) is 32.6 Å². The molecule has 128 valence electrons. The molecule has 0 bridgehead atoms. The fraction of sp³-hybridized carbons (Fsp3) is 0.316. The van der Waals surface area contributed by atoms with Gasteiger partial charge in [0.2, 0.25) is 0 Å². The van der Waals surface area contributed by atoms with Crippen LogP contribution in [0.2, 0.25) is 0 Å². The summed E-state index contributed by atoms with van der Waals surface area (Å²) in [6, 6.07) is 7.05. The highest BCUT2D eigenvalue weighted by molar-refractivity contribution is 6.13. The SMILES string of the molecule is Cc1ccc(NC(=O)c2cc(C3CC3)nc3c2c(C)nn3C)c(O)c1. The number of phenolic OH excluding ortho intramolecular Hbond substituents is 1. The maximum Gasteiger partial charge on any atom is 0.256 e. The molecular formula is C19H20N4O2. The van der Waals surface area contributed by atoms with Gasteiger partial charge in [-0.05, 0) is 50.5 Å². The smallest absolute Gasteiger partial charge is 0.256 e. The Morgan fingerprint density at radius 2 is 2.04 bits per heavy atom. The highest BCUT2D eigenvalue weighted by atomic mass is 16.3. The Labute approximate surface area is 145 Å². The molecule has 2 N–H and O–H groups in total. The third kappa shape index (κ3) is 2.73. The number of aromatic nitrogens is 3. The van der Waals surface area contributed by atoms with Crippen LogP contribution in [0.15, 0.2) is 24.3 Å². The van der Waals surface area contributed by atoms with Crippen LogP contribution in [-0.2, 0) is 7.05 Å². The van der Waals surface area contributed by atoms with Crippen LogP contribution in [-0.4, -0.2) is 25.8 Å². The summed E-state index contributed by atoms with van der Waals surface area (Å²) in [6.45, 7) is 3.76. The second-order valence-electron chi connectivity index (χ2n) is 6.75. The molecule has 0 atom stereocenters. The van der Waals surface area contributed by atoms with Crippen molar-refractivity contribution in [2.75, 3.05) is 5.32 Å². The number of rotatable bonds is 3. The first-order valence-electron chi connectivity index (χ1n) is 8.39. The monoisotopic (exact) mass is 336 g/mol. The van der Waals surface area contributed by atoms with Crippen LogP contribution in [0.1, 0.15) is 46.1 Å². The standard InChI is InChI=1S/C19H20N4O2/c1-10-4-7-14(16(24)8-10)21-19(25)13-9-15(12-5-6-12)20-18-17(13)11(2)22-23(18)3/h4,7-9,12,24H,5-6H2,1-3H3,(H,21,25). The zero-order chi connectivity index (χ0) is 17.7. The quantitative estimate of drug-likeness (QED) is 0.718. The highest BCUT2D eigenvalue weighted by Gasteiger charge is 2.28. The first kappa shape index (κ1) is 15.6. The number of aromatic hydroxyl groups is 1. The minimum atomic E-state index is -0.260. The van der Waals surface area contributed by atoms with E-state index in [0.717, 1.165) is 40.8 Å². The molecule has 6 nitrogen and oxygen atoms in total. The van der Waals surface area contributed by atoms with Gasteiger partial charge in [0.15, 0.2) is 5.65 Å². The first-order chi connectivity index (χ1) is 11.9. The van der Waals surface area contributed by atoms with Crippen LogP contribution in [0.4, 0.5) is 5.69 Å². The number of amides is 1. The molecule has 2 heterocycles. The molecule has 1 amide bonds. The number of phenols is 1. The molecule has 25 heavy (non-hydrogen) atoms. The molecule has 1 aliphatic rings. The van der Waals surface area contributed by atoms with Crippen LogP contribution in [0.3, 0.4) is 0 Å². The Hall–Kier alpha value is -2.89. The molecule has 1 aliphatic carbocycles. The van der Waals surface area contributed by atoms with E-state index in [1.165, 1.54) is 0 Å². The Kier molecular flexibility index (Phi) is 3.49. The van der Waals surface area contributed by atoms with Crippen LogP contribution >= 0.6 is 0 Å². The van der Waals surface area contributed by atoms with Crippen molar-refractivity contribution in [1.82, 2.24) is 14.8 Å². The molecule has 6 heteroatoms. The summed E-state index contributed by atoms with van der Waals surface area (Å²) < 4.78 is 1.72. The second kappa shape index (κ2) is 5.58. The lowest BCUT2D eigenvalue weighted by atomic mass is 10.1.